The van der Waals surface area contributed by atoms with Gasteiger partial charge in [0.1, 0.15) is 11.4 Å². The van der Waals surface area contributed by atoms with Crippen molar-refractivity contribution in [2.24, 2.45) is 0 Å². The fraction of sp³-hybridized carbons (Fsp3) is 0.409. The number of pyridine rings is 1. The molecule has 5 rings (SSSR count). The van der Waals surface area contributed by atoms with E-state index in [-0.39, 0.29) is 23.4 Å². The van der Waals surface area contributed by atoms with Gasteiger partial charge in [-0.3, -0.25) is 9.78 Å². The summed E-state index contributed by atoms with van der Waals surface area (Å²) in [5, 5.41) is 17.3. The Balaban J connectivity index is 1.54. The Morgan fingerprint density at radius 3 is 2.67 bits per heavy atom. The largest absolute Gasteiger partial charge is 0.420 e. The zero-order valence-electron chi connectivity index (χ0n) is 17.6. The summed E-state index contributed by atoms with van der Waals surface area (Å²) in [5.74, 6) is 0.234. The second-order valence-electron chi connectivity index (χ2n) is 8.58. The van der Waals surface area contributed by atoms with Crippen LogP contribution in [0, 0.1) is 0 Å². The topological polar surface area (TPSA) is 106 Å². The van der Waals surface area contributed by atoms with Crippen molar-refractivity contribution in [3.8, 4) is 11.3 Å². The Hall–Kier alpha value is -3.18. The highest BCUT2D eigenvalue weighted by molar-refractivity contribution is 5.83. The van der Waals surface area contributed by atoms with Crippen molar-refractivity contribution in [2.75, 3.05) is 36.4 Å². The molecule has 3 aromatic rings. The molecule has 0 spiro atoms. The van der Waals surface area contributed by atoms with Crippen molar-refractivity contribution in [1.29, 1.82) is 0 Å². The molecule has 33 heavy (non-hydrogen) atoms. The van der Waals surface area contributed by atoms with Gasteiger partial charge >= 0.3 is 6.18 Å². The number of halogens is 3. The third-order valence-corrected chi connectivity index (χ3v) is 6.13. The molecule has 174 valence electrons. The number of hydrogen-bond donors (Lipinski definition) is 4. The highest BCUT2D eigenvalue weighted by Gasteiger charge is 2.61. The molecule has 1 aromatic carbocycles. The van der Waals surface area contributed by atoms with Gasteiger partial charge in [0.25, 0.3) is 5.56 Å². The van der Waals surface area contributed by atoms with E-state index in [0.717, 1.165) is 24.8 Å². The molecule has 2 saturated heterocycles. The van der Waals surface area contributed by atoms with E-state index in [9.17, 15) is 23.1 Å². The van der Waals surface area contributed by atoms with Crippen molar-refractivity contribution in [2.45, 2.75) is 30.7 Å². The number of para-hydroxylation sites is 1. The first-order chi connectivity index (χ1) is 15.7. The van der Waals surface area contributed by atoms with Crippen LogP contribution in [0.3, 0.4) is 0 Å². The lowest BCUT2D eigenvalue weighted by Crippen LogP contribution is -2.69. The van der Waals surface area contributed by atoms with Gasteiger partial charge in [-0.1, -0.05) is 24.3 Å². The van der Waals surface area contributed by atoms with Crippen molar-refractivity contribution < 1.29 is 18.3 Å². The van der Waals surface area contributed by atoms with Crippen molar-refractivity contribution in [3.05, 3.63) is 46.8 Å². The van der Waals surface area contributed by atoms with E-state index in [1.807, 2.05) is 30.3 Å². The SMILES string of the molecule is O=c1[nH]c(N2CC(O)(C(F)(F)F)C2)nc(NC2CCCNC2)c1-c1ccc2ccccc2n1. The van der Waals surface area contributed by atoms with E-state index in [1.54, 1.807) is 6.07 Å². The van der Waals surface area contributed by atoms with Gasteiger partial charge in [0.05, 0.1) is 24.3 Å². The number of piperidine rings is 1. The van der Waals surface area contributed by atoms with Gasteiger partial charge < -0.3 is 20.6 Å². The van der Waals surface area contributed by atoms with E-state index in [4.69, 9.17) is 0 Å². The van der Waals surface area contributed by atoms with Crippen molar-refractivity contribution in [1.82, 2.24) is 20.3 Å². The van der Waals surface area contributed by atoms with Gasteiger partial charge in [-0.2, -0.15) is 18.2 Å². The molecule has 4 N–H and O–H groups in total. The van der Waals surface area contributed by atoms with E-state index in [0.29, 0.717) is 17.8 Å². The van der Waals surface area contributed by atoms with Crippen LogP contribution in [0.4, 0.5) is 24.9 Å². The molecule has 0 saturated carbocycles. The molecule has 0 amide bonds. The van der Waals surface area contributed by atoms with Crippen LogP contribution in [-0.4, -0.2) is 64.1 Å². The summed E-state index contributed by atoms with van der Waals surface area (Å²) in [6.07, 6.45) is -2.95. The third-order valence-electron chi connectivity index (χ3n) is 6.13. The zero-order valence-corrected chi connectivity index (χ0v) is 17.6. The minimum atomic E-state index is -4.76. The molecule has 8 nitrogen and oxygen atoms in total. The zero-order chi connectivity index (χ0) is 23.2. The standard InChI is InChI=1S/C22H23F3N6O2/c23-22(24,25)21(33)11-31(12-21)20-29-18(27-14-5-3-9-26-10-14)17(19(32)30-20)16-8-7-13-4-1-2-6-15(13)28-16/h1-2,4,6-8,14,26,33H,3,5,9-12H2,(H2,27,29,30,32). The molecule has 2 aliphatic heterocycles. The summed E-state index contributed by atoms with van der Waals surface area (Å²) in [6.45, 7) is 0.177. The number of nitrogens with one attached hydrogen (secondary N) is 3. The lowest BCUT2D eigenvalue weighted by Gasteiger charge is -2.47. The molecule has 11 heteroatoms. The summed E-state index contributed by atoms with van der Waals surface area (Å²) in [4.78, 5) is 26.0. The van der Waals surface area contributed by atoms with E-state index < -0.39 is 30.4 Å². The second-order valence-corrected chi connectivity index (χ2v) is 8.58. The Kier molecular flexibility index (Phi) is 5.25. The summed E-state index contributed by atoms with van der Waals surface area (Å²) in [6, 6.07) is 11.1. The molecule has 1 unspecified atom stereocenters. The monoisotopic (exact) mass is 460 g/mol. The summed E-state index contributed by atoms with van der Waals surface area (Å²) in [5.41, 5.74) is -1.99. The number of β-amino-alcohol motifs (C(OH)–C–C–N with tert-alkyl or cyclic N) is 1. The minimum Gasteiger partial charge on any atom is -0.378 e. The predicted molar refractivity (Wildman–Crippen MR) is 118 cm³/mol. The fourth-order valence-corrected chi connectivity index (χ4v) is 4.24. The highest BCUT2D eigenvalue weighted by Crippen LogP contribution is 2.39. The van der Waals surface area contributed by atoms with Gasteiger partial charge in [-0.25, -0.2) is 4.98 Å². The van der Waals surface area contributed by atoms with Gasteiger partial charge in [0.2, 0.25) is 5.95 Å². The first kappa shape index (κ1) is 21.7. The number of aromatic nitrogens is 3. The molecular formula is C22H23F3N6O2. The van der Waals surface area contributed by atoms with E-state index >= 15 is 0 Å². The number of nitrogens with zero attached hydrogens (tertiary/aromatic N) is 3. The summed E-state index contributed by atoms with van der Waals surface area (Å²) in [7, 11) is 0. The molecule has 2 aromatic heterocycles. The molecule has 0 aliphatic carbocycles. The number of anilines is 2. The van der Waals surface area contributed by atoms with Crippen LogP contribution in [0.2, 0.25) is 0 Å². The van der Waals surface area contributed by atoms with Crippen LogP contribution in [0.1, 0.15) is 12.8 Å². The Labute approximate surface area is 186 Å². The first-order valence-electron chi connectivity index (χ1n) is 10.8. The number of benzene rings is 1. The molecule has 1 atom stereocenters. The number of alkyl halides is 3. The average molecular weight is 460 g/mol. The second kappa shape index (κ2) is 7.99. The van der Waals surface area contributed by atoms with Crippen LogP contribution >= 0.6 is 0 Å². The molecule has 2 fully saturated rings. The Bertz CT molecular complexity index is 1230. The summed E-state index contributed by atoms with van der Waals surface area (Å²) >= 11 is 0. The number of rotatable bonds is 4. The molecule has 0 bridgehead atoms. The summed E-state index contributed by atoms with van der Waals surface area (Å²) < 4.78 is 39.2. The quantitative estimate of drug-likeness (QED) is 0.473. The molecule has 0 radical (unpaired) electrons. The smallest absolute Gasteiger partial charge is 0.378 e. The van der Waals surface area contributed by atoms with Gasteiger partial charge in [-0.15, -0.1) is 0 Å². The van der Waals surface area contributed by atoms with Gasteiger partial charge in [0, 0.05) is 18.0 Å². The normalized spacial score (nSPS) is 20.5. The predicted octanol–water partition coefficient (Wildman–Crippen LogP) is 2.26. The highest BCUT2D eigenvalue weighted by atomic mass is 19.4. The number of aromatic amines is 1. The number of fused-ring (bicyclic) bond motifs is 1. The van der Waals surface area contributed by atoms with Crippen LogP contribution in [0.25, 0.3) is 22.2 Å². The first-order valence-corrected chi connectivity index (χ1v) is 10.8. The van der Waals surface area contributed by atoms with Crippen LogP contribution < -0.4 is 21.1 Å². The maximum atomic E-state index is 13.1. The fourth-order valence-electron chi connectivity index (χ4n) is 4.24. The minimum absolute atomic E-state index is 0.00334. The van der Waals surface area contributed by atoms with E-state index in [2.05, 4.69) is 25.6 Å². The van der Waals surface area contributed by atoms with Crippen molar-refractivity contribution in [3.63, 3.8) is 0 Å². The molecule has 4 heterocycles. The maximum Gasteiger partial charge on any atom is 0.420 e. The number of aliphatic hydroxyl groups is 1. The lowest BCUT2D eigenvalue weighted by molar-refractivity contribution is -0.267. The molecule has 2 aliphatic rings. The third kappa shape index (κ3) is 4.02. The average Bonchev–Trinajstić information content (AvgIpc) is 2.76. The van der Waals surface area contributed by atoms with Crippen LogP contribution in [-0.2, 0) is 0 Å². The van der Waals surface area contributed by atoms with E-state index in [1.165, 1.54) is 4.90 Å². The Morgan fingerprint density at radius 2 is 1.94 bits per heavy atom. The van der Waals surface area contributed by atoms with Gasteiger partial charge in [0.15, 0.2) is 5.60 Å². The maximum absolute atomic E-state index is 13.1. The van der Waals surface area contributed by atoms with Crippen molar-refractivity contribution >= 4 is 22.7 Å². The lowest BCUT2D eigenvalue weighted by atomic mass is 9.94. The van der Waals surface area contributed by atoms with Crippen LogP contribution in [0.5, 0.6) is 0 Å². The molecular weight excluding hydrogens is 437 g/mol. The van der Waals surface area contributed by atoms with Crippen LogP contribution in [0.15, 0.2) is 41.2 Å². The Morgan fingerprint density at radius 1 is 1.15 bits per heavy atom. The number of H-pyrrole nitrogens is 1. The van der Waals surface area contributed by atoms with Gasteiger partial charge in [-0.05, 0) is 31.5 Å². The number of hydrogen-bond acceptors (Lipinski definition) is 7.